The van der Waals surface area contributed by atoms with E-state index in [4.69, 9.17) is 75.8 Å². The number of carboxylic acids is 7. The van der Waals surface area contributed by atoms with Crippen LogP contribution in [0, 0.1) is 0 Å². The van der Waals surface area contributed by atoms with Crippen LogP contribution in [0.1, 0.15) is 44.9 Å². The number of carboxylic acid groups (broad SMARTS) is 7. The smallest absolute Gasteiger partial charge is 0.304 e. The summed E-state index contributed by atoms with van der Waals surface area (Å²) in [5.74, 6) is -12.4. The van der Waals surface area contributed by atoms with Gasteiger partial charge in [-0.25, -0.2) is 0 Å². The molecule has 24 N–H and O–H groups in total. The van der Waals surface area contributed by atoms with Crippen molar-refractivity contribution in [1.82, 2.24) is 0 Å². The minimum Gasteiger partial charge on any atom is -0.481 e. The molecule has 30 aliphatic heterocycles. The molecule has 0 aromatic carbocycles. The van der Waals surface area contributed by atoms with Crippen LogP contribution in [0.5, 0.6) is 0 Å². The van der Waals surface area contributed by atoms with E-state index in [1.54, 1.807) is 0 Å². The molecule has 16 bridgehead atoms. The summed E-state index contributed by atoms with van der Waals surface area (Å²) in [7, 11) is 0. The van der Waals surface area contributed by atoms with Crippen molar-refractivity contribution in [2.75, 3.05) is 87.1 Å². The number of thioether (sulfide) groups is 7. The lowest BCUT2D eigenvalue weighted by atomic mass is 9.95. The Morgan fingerprint density at radius 1 is 0.179 bits per heavy atom. The first kappa shape index (κ1) is 104. The average Bonchev–Trinajstić information content (AvgIpc) is 0.781. The Morgan fingerprint density at radius 2 is 0.293 bits per heavy atom. The minimum absolute atomic E-state index is 0.148. The van der Waals surface area contributed by atoms with Crippen LogP contribution in [-0.2, 0) is 109 Å². The fourth-order valence-electron chi connectivity index (χ4n) is 14.3. The molecule has 30 saturated heterocycles. The van der Waals surface area contributed by atoms with E-state index in [1.165, 1.54) is 0 Å². The van der Waals surface area contributed by atoms with E-state index in [9.17, 15) is 156 Å². The van der Waals surface area contributed by atoms with Gasteiger partial charge in [0.15, 0.2) is 50.3 Å². The highest BCUT2D eigenvalue weighted by Gasteiger charge is 2.61. The van der Waals surface area contributed by atoms with Crippen molar-refractivity contribution >= 4 is 124 Å². The lowest BCUT2D eigenvalue weighted by Crippen LogP contribution is -2.69. The normalized spacial score (nSPS) is 42.7. The Kier molecular flexibility index (Phi) is 42.1. The van der Waals surface area contributed by atoms with Gasteiger partial charge in [-0.3, -0.25) is 33.6 Å². The first-order valence-corrected chi connectivity index (χ1v) is 47.0. The molecular weight excluding hydrogens is 1810 g/mol. The number of rotatable bonds is 36. The molecule has 0 aromatic rings. The van der Waals surface area contributed by atoms with Gasteiger partial charge >= 0.3 is 41.8 Å². The Balaban J connectivity index is 1.10. The second-order valence-electron chi connectivity index (χ2n) is 29.7. The van der Waals surface area contributed by atoms with Gasteiger partial charge in [0, 0.05) is 80.5 Å². The zero-order chi connectivity index (χ0) is 90.0. The van der Waals surface area contributed by atoms with Gasteiger partial charge in [0.1, 0.15) is 153 Å². The number of aliphatic carboxylic acids is 7. The van der Waals surface area contributed by atoms with Crippen LogP contribution in [0.4, 0.5) is 0 Å². The Bertz CT molecular complexity index is 3160. The quantitative estimate of drug-likeness (QED) is 0.0259. The van der Waals surface area contributed by atoms with Gasteiger partial charge in [-0.2, -0.15) is 82.3 Å². The van der Waals surface area contributed by atoms with Crippen molar-refractivity contribution in [2.24, 2.45) is 0 Å². The van der Waals surface area contributed by atoms with E-state index in [-0.39, 0.29) is 80.5 Å². The van der Waals surface area contributed by atoms with Crippen LogP contribution in [0.15, 0.2) is 0 Å². The number of carbonyl (C=O) groups is 7. The summed E-state index contributed by atoms with van der Waals surface area (Å²) < 4.78 is 99.1. The van der Waals surface area contributed by atoms with Crippen LogP contribution in [-0.4, -0.2) is 497 Å². The van der Waals surface area contributed by atoms with Crippen LogP contribution < -0.4 is 0 Å². The maximum atomic E-state index is 12.3. The van der Waals surface area contributed by atoms with Gasteiger partial charge in [-0.15, -0.1) is 0 Å². The number of aliphatic hydroxyl groups is 17. The highest BCUT2D eigenvalue weighted by atomic mass is 32.2. The third kappa shape index (κ3) is 28.5. The first-order chi connectivity index (χ1) is 58.4. The highest BCUT2D eigenvalue weighted by Crippen LogP contribution is 2.43. The summed E-state index contributed by atoms with van der Waals surface area (Å²) >= 11 is 6.18. The number of aliphatic hydroxyl groups excluding tert-OH is 17. The molecule has 0 saturated carbocycles. The Hall–Kier alpha value is -2.58. The van der Waals surface area contributed by atoms with Crippen LogP contribution in [0.25, 0.3) is 0 Å². The van der Waals surface area contributed by atoms with Crippen molar-refractivity contribution in [3.05, 3.63) is 0 Å². The third-order valence-corrected chi connectivity index (χ3v) is 28.2. The monoisotopic (exact) mass is 1910 g/mol. The van der Waals surface area contributed by atoms with Gasteiger partial charge in [0.05, 0.1) is 94.3 Å². The summed E-state index contributed by atoms with van der Waals surface area (Å²) in [4.78, 5) is 82.2. The topological polar surface area (TPSA) is 753 Å². The second kappa shape index (κ2) is 49.8. The van der Waals surface area contributed by atoms with Gasteiger partial charge in [0.25, 0.3) is 0 Å². The first-order valence-electron chi connectivity index (χ1n) is 38.9. The fourth-order valence-corrected chi connectivity index (χ4v) is 21.2. The van der Waals surface area contributed by atoms with Gasteiger partial charge in [-0.1, -0.05) is 0 Å². The SMILES string of the molecule is O=C(O)CCSC[C@H]1O[C@@H]2O[C@H]3[C@H](O)[C@@H](O)[C@@H](O[C@H]4[C@H](O)[C@@H](O)[C@@H](O[C@H]5[C@H](O)[C@@H](O)[C@@H](O[C@H]6[C@H](O)[C@@H](O)[C@@H](O[C@H]7[C@H](O)[C@@H](O)[C@@H](O[C@H]8[C@H](O)[C@@H](O)[C@@H](O[C@H]9[C@H](O)[C@@H](O)[C@@H](O[C@H]1[C@H](O)[C@H]2O)O[C@@H]9CO)O[C@@H]8CSCCC(=O)O)O[C@@H]7CSCCC(=O)O)O[C@@H]6CSCCC(=O)O)O[C@@H]5CSCCC(=O)O)O[C@@H]4CSCCC(=O)O)O[C@@H]3CSCCC(=O)O. The summed E-state index contributed by atoms with van der Waals surface area (Å²) in [5, 5.41) is 271. The summed E-state index contributed by atoms with van der Waals surface area (Å²) in [6.45, 7) is -1.14. The standard InChI is InChI=1S/C69H108O47S7/c70-15-23-54-38(85)46(93)62(101-23)110-55-24(16-117-8-1-31(71)72)103-64(48(95)40(55)87)112-57-26(18-119-10-3-33(75)76)105-66(50(97)42(57)89)114-59-28(20-121-12-5-35(79)80)107-68(52(99)44(59)91)116-61-30(22-123-14-7-37(83)84)108-69(53(100)45(61)92)115-60-29(21-122-13-6-36(81)82)106-67(51(98)43(60)90)113-58-27(19-120-11-4-34(77)78)104-65(49(96)41(58)88)111-56-25(17-118-9-2-32(73)74)102-63(109-54)47(94)39(56)86/h23-30,38-70,85-100H,1-22H2,(H,71,72)(H,73,74)(H,75,76)(H,77,78)(H,79,80)(H,81,82)(H,83,84)/t23-,24-,25-,26-,27-,28-,29-,30-,38-,39-,40-,41-,42-,43-,44-,45-,46-,47-,48-,49-,50-,51-,52-,53-,54-,55-,56-,57-,58-,59-,60-,61-,62-,63-,64-,65-,66-,67-,68-,69-/m1/s1. The number of hydrogen-bond acceptors (Lipinski definition) is 47. The molecule has 0 unspecified atom stereocenters. The van der Waals surface area contributed by atoms with Gasteiger partial charge < -0.3 is 198 Å². The fraction of sp³-hybridized carbons (Fsp3) is 0.899. The van der Waals surface area contributed by atoms with E-state index < -0.39 is 339 Å². The Morgan fingerprint density at radius 3 is 0.407 bits per heavy atom. The molecule has 30 fully saturated rings. The zero-order valence-corrected chi connectivity index (χ0v) is 70.8. The average molecular weight is 1910 g/mol. The molecule has 0 amide bonds. The molecule has 123 heavy (non-hydrogen) atoms. The lowest BCUT2D eigenvalue weighted by molar-refractivity contribution is -0.397. The molecule has 30 heterocycles. The number of ether oxygens (including phenoxy) is 16. The Labute approximate surface area is 729 Å². The molecule has 0 aliphatic carbocycles. The third-order valence-electron chi connectivity index (χ3n) is 20.8. The predicted molar refractivity (Wildman–Crippen MR) is 419 cm³/mol. The zero-order valence-electron chi connectivity index (χ0n) is 65.1. The van der Waals surface area contributed by atoms with Crippen molar-refractivity contribution in [1.29, 1.82) is 0 Å². The molecule has 0 radical (unpaired) electrons. The maximum Gasteiger partial charge on any atom is 0.304 e. The number of hydrogen-bond donors (Lipinski definition) is 24. The van der Waals surface area contributed by atoms with Crippen molar-refractivity contribution in [2.45, 2.75) is 291 Å². The van der Waals surface area contributed by atoms with E-state index in [0.29, 0.717) is 0 Å². The summed E-state index contributed by atoms with van der Waals surface area (Å²) in [6.07, 6.45) is -85.4. The van der Waals surface area contributed by atoms with Crippen LogP contribution >= 0.6 is 82.3 Å². The second-order valence-corrected chi connectivity index (χ2v) is 37.8. The summed E-state index contributed by atoms with van der Waals surface area (Å²) in [5.41, 5.74) is 0. The maximum absolute atomic E-state index is 12.3. The van der Waals surface area contributed by atoms with E-state index in [2.05, 4.69) is 0 Å². The van der Waals surface area contributed by atoms with Gasteiger partial charge in [-0.05, 0) is 0 Å². The van der Waals surface area contributed by atoms with Crippen LogP contribution in [0.2, 0.25) is 0 Å². The molecule has 40 atom stereocenters. The van der Waals surface area contributed by atoms with E-state index in [0.717, 1.165) is 82.3 Å². The van der Waals surface area contributed by atoms with Crippen molar-refractivity contribution in [3.63, 3.8) is 0 Å². The van der Waals surface area contributed by atoms with Gasteiger partial charge in [0.2, 0.25) is 0 Å². The molecule has 54 heteroatoms. The highest BCUT2D eigenvalue weighted by molar-refractivity contribution is 8.00. The predicted octanol–water partition coefficient (Wildman–Crippen LogP) is -8.90. The molecule has 30 aliphatic rings. The lowest BCUT2D eigenvalue weighted by Gasteiger charge is -2.51. The summed E-state index contributed by atoms with van der Waals surface area (Å²) in [6, 6.07) is 0. The molecule has 0 spiro atoms. The van der Waals surface area contributed by atoms with Crippen LogP contribution in [0.3, 0.4) is 0 Å². The van der Waals surface area contributed by atoms with E-state index in [1.807, 2.05) is 0 Å². The van der Waals surface area contributed by atoms with Crippen molar-refractivity contribution in [3.8, 4) is 0 Å². The molecular formula is C69H108O47S7. The largest absolute Gasteiger partial charge is 0.481 e. The van der Waals surface area contributed by atoms with E-state index >= 15 is 0 Å². The minimum atomic E-state index is -2.33. The molecule has 47 nitrogen and oxygen atoms in total. The molecule has 0 aromatic heterocycles. The molecule has 708 valence electrons. The molecule has 30 rings (SSSR count). The van der Waals surface area contributed by atoms with Crippen molar-refractivity contribution < 1.29 is 232 Å².